The number of para-hydroxylation sites is 1. The molecule has 164 valence electrons. The van der Waals surface area contributed by atoms with Crippen LogP contribution in [0.4, 0.5) is 0 Å². The number of carbonyl (C=O) groups is 1. The standard InChI is InChI=1S/C23H21N3O5S/c1-14-18(15(2)31-24-14)12-26-23(17-8-4-6-10-21(17)32(26,29)30)19-11-25(13-22(27)28)20-9-5-3-7-16(19)20/h3-11,23H,12-13H2,1-2H3,(H,27,28). The van der Waals surface area contributed by atoms with Crippen molar-refractivity contribution in [2.24, 2.45) is 0 Å². The molecule has 0 aliphatic carbocycles. The van der Waals surface area contributed by atoms with Crippen LogP contribution in [-0.2, 0) is 27.9 Å². The number of hydrogen-bond acceptors (Lipinski definition) is 5. The predicted octanol–water partition coefficient (Wildman–Crippen LogP) is 3.62. The van der Waals surface area contributed by atoms with Gasteiger partial charge in [-0.15, -0.1) is 0 Å². The summed E-state index contributed by atoms with van der Waals surface area (Å²) in [5.74, 6) is -0.398. The molecule has 3 heterocycles. The van der Waals surface area contributed by atoms with Crippen LogP contribution in [0.25, 0.3) is 10.9 Å². The first-order valence-corrected chi connectivity index (χ1v) is 11.5. The van der Waals surface area contributed by atoms with Crippen LogP contribution in [0, 0.1) is 13.8 Å². The molecule has 5 rings (SSSR count). The summed E-state index contributed by atoms with van der Waals surface area (Å²) in [6.07, 6.45) is 1.75. The highest BCUT2D eigenvalue weighted by atomic mass is 32.2. The van der Waals surface area contributed by atoms with E-state index < -0.39 is 22.0 Å². The molecule has 0 saturated carbocycles. The number of aliphatic carboxylic acids is 1. The molecule has 1 N–H and O–H groups in total. The number of sulfonamides is 1. The third-order valence-electron chi connectivity index (χ3n) is 6.00. The van der Waals surface area contributed by atoms with Gasteiger partial charge in [0.1, 0.15) is 12.3 Å². The van der Waals surface area contributed by atoms with Gasteiger partial charge in [-0.3, -0.25) is 4.79 Å². The molecule has 32 heavy (non-hydrogen) atoms. The molecule has 8 nitrogen and oxygen atoms in total. The Morgan fingerprint density at radius 2 is 1.81 bits per heavy atom. The molecule has 0 radical (unpaired) electrons. The summed E-state index contributed by atoms with van der Waals surface area (Å²) in [7, 11) is -3.80. The number of aryl methyl sites for hydroxylation is 2. The minimum absolute atomic E-state index is 0.0985. The molecular weight excluding hydrogens is 430 g/mol. The molecule has 0 bridgehead atoms. The second kappa shape index (κ2) is 7.32. The predicted molar refractivity (Wildman–Crippen MR) is 117 cm³/mol. The summed E-state index contributed by atoms with van der Waals surface area (Å²) >= 11 is 0. The molecular formula is C23H21N3O5S. The van der Waals surface area contributed by atoms with Crippen LogP contribution in [0.15, 0.2) is 64.1 Å². The van der Waals surface area contributed by atoms with Crippen LogP contribution in [0.3, 0.4) is 0 Å². The lowest BCUT2D eigenvalue weighted by atomic mass is 9.97. The van der Waals surface area contributed by atoms with Crippen LogP contribution in [-0.4, -0.2) is 33.5 Å². The molecule has 1 aliphatic heterocycles. The molecule has 0 amide bonds. The van der Waals surface area contributed by atoms with Crippen molar-refractivity contribution in [3.8, 4) is 0 Å². The maximum Gasteiger partial charge on any atom is 0.323 e. The van der Waals surface area contributed by atoms with E-state index in [1.54, 1.807) is 36.7 Å². The van der Waals surface area contributed by atoms with E-state index in [4.69, 9.17) is 4.52 Å². The number of nitrogens with zero attached hydrogens (tertiary/aromatic N) is 3. The number of rotatable bonds is 5. The molecule has 1 unspecified atom stereocenters. The van der Waals surface area contributed by atoms with Crippen LogP contribution in [0.5, 0.6) is 0 Å². The summed E-state index contributed by atoms with van der Waals surface area (Å²) in [5, 5.41) is 14.2. The van der Waals surface area contributed by atoms with E-state index in [2.05, 4.69) is 5.16 Å². The fraction of sp³-hybridized carbons (Fsp3) is 0.217. The van der Waals surface area contributed by atoms with Gasteiger partial charge in [0, 0.05) is 34.8 Å². The number of fused-ring (bicyclic) bond motifs is 2. The zero-order valence-corrected chi connectivity index (χ0v) is 18.3. The van der Waals surface area contributed by atoms with Gasteiger partial charge in [-0.1, -0.05) is 41.6 Å². The van der Waals surface area contributed by atoms with Crippen molar-refractivity contribution in [2.45, 2.75) is 37.9 Å². The quantitative estimate of drug-likeness (QED) is 0.497. The molecule has 0 fully saturated rings. The van der Waals surface area contributed by atoms with Gasteiger partial charge >= 0.3 is 5.97 Å². The normalized spacial score (nSPS) is 17.6. The third kappa shape index (κ3) is 3.04. The average Bonchev–Trinajstić information content (AvgIpc) is 3.34. The Bertz CT molecular complexity index is 1450. The van der Waals surface area contributed by atoms with Gasteiger partial charge in [-0.05, 0) is 31.5 Å². The SMILES string of the molecule is Cc1noc(C)c1CN1C(c2cn(CC(=O)O)c3ccccc23)c2ccccc2S1(=O)=O. The van der Waals surface area contributed by atoms with Gasteiger partial charge in [0.15, 0.2) is 0 Å². The lowest BCUT2D eigenvalue weighted by molar-refractivity contribution is -0.137. The number of carboxylic acids is 1. The Kier molecular flexibility index (Phi) is 4.68. The maximum atomic E-state index is 13.6. The van der Waals surface area contributed by atoms with Gasteiger partial charge in [0.2, 0.25) is 10.0 Å². The van der Waals surface area contributed by atoms with Crippen LogP contribution < -0.4 is 0 Å². The lowest BCUT2D eigenvalue weighted by Gasteiger charge is -2.23. The van der Waals surface area contributed by atoms with E-state index >= 15 is 0 Å². The Morgan fingerprint density at radius 3 is 2.53 bits per heavy atom. The van der Waals surface area contributed by atoms with Gasteiger partial charge in [-0.25, -0.2) is 8.42 Å². The first-order valence-electron chi connectivity index (χ1n) is 10.1. The Labute approximate surface area is 184 Å². The second-order valence-corrected chi connectivity index (χ2v) is 9.78. The minimum Gasteiger partial charge on any atom is -0.480 e. The monoisotopic (exact) mass is 451 g/mol. The number of benzene rings is 2. The lowest BCUT2D eigenvalue weighted by Crippen LogP contribution is -2.29. The molecule has 9 heteroatoms. The summed E-state index contributed by atoms with van der Waals surface area (Å²) in [5.41, 5.74) is 3.50. The van der Waals surface area contributed by atoms with E-state index in [9.17, 15) is 18.3 Å². The molecule has 1 atom stereocenters. The molecule has 0 spiro atoms. The third-order valence-corrected chi connectivity index (χ3v) is 7.89. The molecule has 4 aromatic rings. The van der Waals surface area contributed by atoms with Crippen molar-refractivity contribution in [1.29, 1.82) is 0 Å². The summed E-state index contributed by atoms with van der Waals surface area (Å²) < 4.78 is 35.6. The highest BCUT2D eigenvalue weighted by molar-refractivity contribution is 7.89. The van der Waals surface area contributed by atoms with Crippen molar-refractivity contribution in [3.63, 3.8) is 0 Å². The van der Waals surface area contributed by atoms with Gasteiger partial charge in [0.25, 0.3) is 0 Å². The van der Waals surface area contributed by atoms with Crippen LogP contribution in [0.1, 0.15) is 34.2 Å². The first-order chi connectivity index (χ1) is 15.3. The van der Waals surface area contributed by atoms with Crippen LogP contribution in [0.2, 0.25) is 0 Å². The van der Waals surface area contributed by atoms with Crippen molar-refractivity contribution in [3.05, 3.63) is 82.9 Å². The topological polar surface area (TPSA) is 106 Å². The largest absolute Gasteiger partial charge is 0.480 e. The minimum atomic E-state index is -3.80. The molecule has 1 aliphatic rings. The Hall–Kier alpha value is -3.43. The van der Waals surface area contributed by atoms with E-state index in [-0.39, 0.29) is 18.0 Å². The number of carboxylic acid groups (broad SMARTS) is 1. The molecule has 2 aromatic heterocycles. The van der Waals surface area contributed by atoms with Crippen molar-refractivity contribution in [1.82, 2.24) is 14.0 Å². The molecule has 2 aromatic carbocycles. The van der Waals surface area contributed by atoms with Crippen molar-refractivity contribution < 1.29 is 22.8 Å². The molecule has 0 saturated heterocycles. The number of hydrogen-bond donors (Lipinski definition) is 1. The second-order valence-electron chi connectivity index (χ2n) is 7.92. The van der Waals surface area contributed by atoms with Gasteiger partial charge in [-0.2, -0.15) is 4.31 Å². The highest BCUT2D eigenvalue weighted by Gasteiger charge is 2.44. The van der Waals surface area contributed by atoms with Crippen molar-refractivity contribution >= 4 is 26.9 Å². The van der Waals surface area contributed by atoms with E-state index in [0.717, 1.165) is 22.0 Å². The Morgan fingerprint density at radius 1 is 1.09 bits per heavy atom. The van der Waals surface area contributed by atoms with Crippen LogP contribution >= 0.6 is 0 Å². The average molecular weight is 452 g/mol. The fourth-order valence-electron chi connectivity index (χ4n) is 4.51. The van der Waals surface area contributed by atoms with E-state index in [1.807, 2.05) is 36.4 Å². The zero-order chi connectivity index (χ0) is 22.6. The summed E-state index contributed by atoms with van der Waals surface area (Å²) in [6, 6.07) is 13.8. The zero-order valence-electron chi connectivity index (χ0n) is 17.5. The highest BCUT2D eigenvalue weighted by Crippen LogP contribution is 2.46. The summed E-state index contributed by atoms with van der Waals surface area (Å²) in [6.45, 7) is 3.43. The van der Waals surface area contributed by atoms with E-state index in [1.165, 1.54) is 4.31 Å². The smallest absolute Gasteiger partial charge is 0.323 e. The van der Waals surface area contributed by atoms with E-state index in [0.29, 0.717) is 17.0 Å². The van der Waals surface area contributed by atoms with Gasteiger partial charge < -0.3 is 14.2 Å². The fourth-order valence-corrected chi connectivity index (χ4v) is 6.30. The van der Waals surface area contributed by atoms with Crippen molar-refractivity contribution in [2.75, 3.05) is 0 Å². The summed E-state index contributed by atoms with van der Waals surface area (Å²) in [4.78, 5) is 11.7. The number of aromatic nitrogens is 2. The maximum absolute atomic E-state index is 13.6. The van der Waals surface area contributed by atoms with Gasteiger partial charge in [0.05, 0.1) is 16.6 Å². The first kappa shape index (κ1) is 20.5. The Balaban J connectivity index is 1.75.